The molecular formula is C15H17N3O. The van der Waals surface area contributed by atoms with Gasteiger partial charge in [0, 0.05) is 11.9 Å². The summed E-state index contributed by atoms with van der Waals surface area (Å²) in [5.41, 5.74) is 2.30. The molecule has 2 heterocycles. The summed E-state index contributed by atoms with van der Waals surface area (Å²) < 4.78 is 5.61. The van der Waals surface area contributed by atoms with Crippen LogP contribution in [0.3, 0.4) is 0 Å². The van der Waals surface area contributed by atoms with Crippen LogP contribution in [0.25, 0.3) is 10.9 Å². The van der Waals surface area contributed by atoms with Crippen LogP contribution in [-0.4, -0.2) is 10.2 Å². The summed E-state index contributed by atoms with van der Waals surface area (Å²) in [7, 11) is 0. The molecule has 4 nitrogen and oxygen atoms in total. The van der Waals surface area contributed by atoms with E-state index in [1.54, 1.807) is 0 Å². The number of aromatic amines is 1. The highest BCUT2D eigenvalue weighted by molar-refractivity contribution is 5.78. The van der Waals surface area contributed by atoms with E-state index in [0.29, 0.717) is 0 Å². The molecule has 0 aliphatic carbocycles. The molecule has 98 valence electrons. The third-order valence-electron chi connectivity index (χ3n) is 3.31. The van der Waals surface area contributed by atoms with Crippen molar-refractivity contribution in [3.05, 3.63) is 53.6 Å². The number of nitrogens with one attached hydrogen (secondary N) is 2. The van der Waals surface area contributed by atoms with Gasteiger partial charge in [-0.2, -0.15) is 5.10 Å². The number of furan rings is 1. The topological polar surface area (TPSA) is 53.9 Å². The van der Waals surface area contributed by atoms with E-state index >= 15 is 0 Å². The third kappa shape index (κ3) is 2.53. The van der Waals surface area contributed by atoms with Crippen molar-refractivity contribution in [3.8, 4) is 0 Å². The Balaban J connectivity index is 1.68. The summed E-state index contributed by atoms with van der Waals surface area (Å²) in [6, 6.07) is 10.5. The lowest BCUT2D eigenvalue weighted by molar-refractivity contribution is 0.416. The molecule has 2 aromatic heterocycles. The largest absolute Gasteiger partial charge is 0.465 e. The highest BCUT2D eigenvalue weighted by Crippen LogP contribution is 2.17. The second kappa shape index (κ2) is 4.90. The summed E-state index contributed by atoms with van der Waals surface area (Å²) in [6.07, 6.45) is 1.83. The number of aryl methyl sites for hydroxylation is 1. The molecule has 0 bridgehead atoms. The van der Waals surface area contributed by atoms with Crippen LogP contribution in [0.1, 0.15) is 30.0 Å². The fourth-order valence-corrected chi connectivity index (χ4v) is 2.15. The highest BCUT2D eigenvalue weighted by atomic mass is 16.3. The Kier molecular flexibility index (Phi) is 3.09. The number of nitrogens with zero attached hydrogens (tertiary/aromatic N) is 1. The van der Waals surface area contributed by atoms with Crippen LogP contribution in [0.5, 0.6) is 0 Å². The minimum absolute atomic E-state index is 0.200. The van der Waals surface area contributed by atoms with Gasteiger partial charge in [-0.15, -0.1) is 0 Å². The van der Waals surface area contributed by atoms with Crippen LogP contribution >= 0.6 is 0 Å². The summed E-state index contributed by atoms with van der Waals surface area (Å²) in [6.45, 7) is 4.87. The Morgan fingerprint density at radius 3 is 3.00 bits per heavy atom. The van der Waals surface area contributed by atoms with E-state index < -0.39 is 0 Å². The van der Waals surface area contributed by atoms with Crippen LogP contribution in [0.4, 0.5) is 0 Å². The van der Waals surface area contributed by atoms with Crippen molar-refractivity contribution in [1.29, 1.82) is 0 Å². The molecule has 0 saturated carbocycles. The molecule has 1 atom stereocenters. The van der Waals surface area contributed by atoms with E-state index in [4.69, 9.17) is 4.42 Å². The van der Waals surface area contributed by atoms with Crippen molar-refractivity contribution in [3.63, 3.8) is 0 Å². The maximum absolute atomic E-state index is 5.61. The number of rotatable bonds is 4. The monoisotopic (exact) mass is 255 g/mol. The van der Waals surface area contributed by atoms with Crippen LogP contribution in [0.2, 0.25) is 0 Å². The van der Waals surface area contributed by atoms with E-state index in [2.05, 4.69) is 40.6 Å². The third-order valence-corrected chi connectivity index (χ3v) is 3.31. The zero-order chi connectivity index (χ0) is 13.2. The van der Waals surface area contributed by atoms with Gasteiger partial charge in [-0.25, -0.2) is 0 Å². The van der Waals surface area contributed by atoms with Gasteiger partial charge < -0.3 is 9.73 Å². The first-order valence-corrected chi connectivity index (χ1v) is 6.44. The molecule has 0 fully saturated rings. The van der Waals surface area contributed by atoms with Gasteiger partial charge >= 0.3 is 0 Å². The molecule has 0 spiro atoms. The van der Waals surface area contributed by atoms with Crippen molar-refractivity contribution in [2.45, 2.75) is 26.4 Å². The fraction of sp³-hybridized carbons (Fsp3) is 0.267. The van der Waals surface area contributed by atoms with Crippen LogP contribution in [0, 0.1) is 6.92 Å². The minimum Gasteiger partial charge on any atom is -0.465 e. The highest BCUT2D eigenvalue weighted by Gasteiger charge is 2.08. The van der Waals surface area contributed by atoms with Crippen molar-refractivity contribution in [2.24, 2.45) is 0 Å². The van der Waals surface area contributed by atoms with E-state index in [0.717, 1.165) is 29.0 Å². The summed E-state index contributed by atoms with van der Waals surface area (Å²) in [5.74, 6) is 1.92. The average Bonchev–Trinajstić information content (AvgIpc) is 3.03. The van der Waals surface area contributed by atoms with Gasteiger partial charge in [0.1, 0.15) is 11.5 Å². The summed E-state index contributed by atoms with van der Waals surface area (Å²) in [4.78, 5) is 0. The molecular weight excluding hydrogens is 238 g/mol. The molecule has 3 rings (SSSR count). The molecule has 0 amide bonds. The van der Waals surface area contributed by atoms with Gasteiger partial charge in [0.25, 0.3) is 0 Å². The molecule has 4 heteroatoms. The van der Waals surface area contributed by atoms with Gasteiger partial charge in [0.15, 0.2) is 0 Å². The summed E-state index contributed by atoms with van der Waals surface area (Å²) in [5, 5.41) is 11.6. The maximum atomic E-state index is 5.61. The standard InChI is InChI=1S/C15H17N3O/c1-10-3-6-15(19-10)11(2)16-8-12-4-5-13-9-17-18-14(13)7-12/h3-7,9,11,16H,8H2,1-2H3,(H,17,18). The Morgan fingerprint density at radius 2 is 2.21 bits per heavy atom. The number of fused-ring (bicyclic) bond motifs is 1. The van der Waals surface area contributed by atoms with E-state index in [-0.39, 0.29) is 6.04 Å². The Hall–Kier alpha value is -2.07. The van der Waals surface area contributed by atoms with Gasteiger partial charge in [0.05, 0.1) is 17.8 Å². The number of benzene rings is 1. The lowest BCUT2D eigenvalue weighted by Crippen LogP contribution is -2.17. The number of H-pyrrole nitrogens is 1. The molecule has 0 aliphatic rings. The number of hydrogen-bond donors (Lipinski definition) is 2. The molecule has 19 heavy (non-hydrogen) atoms. The quantitative estimate of drug-likeness (QED) is 0.752. The van der Waals surface area contributed by atoms with Crippen LogP contribution in [-0.2, 0) is 6.54 Å². The smallest absolute Gasteiger partial charge is 0.120 e. The van der Waals surface area contributed by atoms with Gasteiger partial charge in [-0.05, 0) is 37.6 Å². The van der Waals surface area contributed by atoms with Crippen molar-refractivity contribution in [1.82, 2.24) is 15.5 Å². The lowest BCUT2D eigenvalue weighted by Gasteiger charge is -2.11. The van der Waals surface area contributed by atoms with Gasteiger partial charge in [-0.3, -0.25) is 5.10 Å². The minimum atomic E-state index is 0.200. The normalized spacial score (nSPS) is 12.9. The second-order valence-corrected chi connectivity index (χ2v) is 4.84. The molecule has 0 radical (unpaired) electrons. The maximum Gasteiger partial charge on any atom is 0.120 e. The van der Waals surface area contributed by atoms with Crippen LogP contribution < -0.4 is 5.32 Å². The molecule has 1 aromatic carbocycles. The second-order valence-electron chi connectivity index (χ2n) is 4.84. The predicted octanol–water partition coefficient (Wildman–Crippen LogP) is 3.32. The lowest BCUT2D eigenvalue weighted by atomic mass is 10.1. The molecule has 2 N–H and O–H groups in total. The first kappa shape index (κ1) is 12.0. The number of aromatic nitrogens is 2. The first-order valence-electron chi connectivity index (χ1n) is 6.44. The van der Waals surface area contributed by atoms with Crippen molar-refractivity contribution < 1.29 is 4.42 Å². The van der Waals surface area contributed by atoms with E-state index in [9.17, 15) is 0 Å². The zero-order valence-corrected chi connectivity index (χ0v) is 11.1. The Bertz CT molecular complexity index is 683. The predicted molar refractivity (Wildman–Crippen MR) is 74.8 cm³/mol. The molecule has 1 unspecified atom stereocenters. The fourth-order valence-electron chi connectivity index (χ4n) is 2.15. The van der Waals surface area contributed by atoms with Gasteiger partial charge in [0.2, 0.25) is 0 Å². The molecule has 0 saturated heterocycles. The van der Waals surface area contributed by atoms with Gasteiger partial charge in [-0.1, -0.05) is 12.1 Å². The first-order chi connectivity index (χ1) is 9.22. The van der Waals surface area contributed by atoms with E-state index in [1.165, 1.54) is 5.56 Å². The number of hydrogen-bond acceptors (Lipinski definition) is 3. The van der Waals surface area contributed by atoms with Crippen LogP contribution in [0.15, 0.2) is 40.9 Å². The van der Waals surface area contributed by atoms with Crippen molar-refractivity contribution in [2.75, 3.05) is 0 Å². The summed E-state index contributed by atoms with van der Waals surface area (Å²) >= 11 is 0. The average molecular weight is 255 g/mol. The van der Waals surface area contributed by atoms with E-state index in [1.807, 2.05) is 25.3 Å². The van der Waals surface area contributed by atoms with Crippen molar-refractivity contribution >= 4 is 10.9 Å². The SMILES string of the molecule is Cc1ccc(C(C)NCc2ccc3cn[nH]c3c2)o1. The zero-order valence-electron chi connectivity index (χ0n) is 11.1. The Labute approximate surface area is 111 Å². The molecule has 3 aromatic rings. The Morgan fingerprint density at radius 1 is 1.32 bits per heavy atom. The molecule has 0 aliphatic heterocycles.